The molecule has 238 valence electrons. The Bertz CT molecular complexity index is 915. The summed E-state index contributed by atoms with van der Waals surface area (Å²) in [6.45, 7) is 17.0. The largest absolute Gasteiger partial charge is 0.396 e. The van der Waals surface area contributed by atoms with Gasteiger partial charge >= 0.3 is 0 Å². The molecule has 0 aliphatic carbocycles. The van der Waals surface area contributed by atoms with Crippen LogP contribution < -0.4 is 10.2 Å². The second kappa shape index (κ2) is 19.9. The normalized spacial score (nSPS) is 13.3. The number of benzene rings is 1. The third-order valence-electron chi connectivity index (χ3n) is 6.73. The van der Waals surface area contributed by atoms with Crippen LogP contribution in [-0.4, -0.2) is 72.2 Å². The third-order valence-corrected chi connectivity index (χ3v) is 6.73. The summed E-state index contributed by atoms with van der Waals surface area (Å²) < 4.78 is 5.97. The molecule has 0 bridgehead atoms. The zero-order chi connectivity index (χ0) is 32.5. The van der Waals surface area contributed by atoms with Gasteiger partial charge in [0.25, 0.3) is 0 Å². The lowest BCUT2D eigenvalue weighted by Crippen LogP contribution is -2.52. The number of aliphatic hydroxyl groups excluding tert-OH is 1. The van der Waals surface area contributed by atoms with Crippen LogP contribution in [-0.2, 0) is 19.1 Å². The van der Waals surface area contributed by atoms with Gasteiger partial charge in [0.05, 0.1) is 13.4 Å². The number of rotatable bonds is 18. The topological polar surface area (TPSA) is 116 Å². The molecule has 0 heterocycles. The number of Topliss-reactive ketones (excluding diaryl/α,β-unsaturated/α-hetero) is 1. The van der Waals surface area contributed by atoms with E-state index in [1.54, 1.807) is 32.6 Å². The monoisotopic (exact) mass is 588 g/mol. The number of hydrogen-bond donors (Lipinski definition) is 3. The van der Waals surface area contributed by atoms with E-state index >= 15 is 0 Å². The molecule has 0 spiro atoms. The first kappa shape index (κ1) is 39.8. The number of unbranched alkanes of at least 4 members (excludes halogenated alkanes) is 1. The van der Waals surface area contributed by atoms with Crippen molar-refractivity contribution in [3.8, 4) is 0 Å². The summed E-state index contributed by atoms with van der Waals surface area (Å²) in [4.78, 5) is 40.6. The van der Waals surface area contributed by atoms with Crippen molar-refractivity contribution in [2.75, 3.05) is 18.1 Å². The molecule has 2 radical (unpaired) electrons. The van der Waals surface area contributed by atoms with Gasteiger partial charge in [-0.3, -0.25) is 14.4 Å². The zero-order valence-corrected chi connectivity index (χ0v) is 27.6. The summed E-state index contributed by atoms with van der Waals surface area (Å²) in [6.07, 6.45) is 3.98. The van der Waals surface area contributed by atoms with Crippen LogP contribution in [0.1, 0.15) is 101 Å². The number of para-hydroxylation sites is 1. The molecule has 2 amide bonds. The quantitative estimate of drug-likeness (QED) is 0.159. The Morgan fingerprint density at radius 3 is 2.02 bits per heavy atom. The fourth-order valence-corrected chi connectivity index (χ4v) is 4.38. The van der Waals surface area contributed by atoms with Crippen molar-refractivity contribution in [1.82, 2.24) is 5.32 Å². The minimum Gasteiger partial charge on any atom is -0.396 e. The summed E-state index contributed by atoms with van der Waals surface area (Å²) >= 11 is 0. The van der Waals surface area contributed by atoms with Gasteiger partial charge in [0.15, 0.2) is 5.78 Å². The van der Waals surface area contributed by atoms with Gasteiger partial charge in [-0.05, 0) is 71.9 Å². The molecule has 1 aromatic carbocycles. The molecule has 0 aromatic heterocycles. The molecule has 1 rings (SSSR count). The summed E-state index contributed by atoms with van der Waals surface area (Å²) in [5.74, 6) is -0.130. The maximum absolute atomic E-state index is 13.8. The number of carbonyl (C=O) groups excluding carboxylic acids is 3. The van der Waals surface area contributed by atoms with E-state index in [0.29, 0.717) is 38.6 Å². The molecule has 2 atom stereocenters. The Morgan fingerprint density at radius 1 is 0.976 bits per heavy atom. The number of hydrogen-bond acceptors (Lipinski definition) is 6. The Kier molecular flexibility index (Phi) is 18.8. The molecular weight excluding hydrogens is 531 g/mol. The van der Waals surface area contributed by atoms with E-state index in [2.05, 4.69) is 5.32 Å². The average Bonchev–Trinajstić information content (AvgIpc) is 2.87. The highest BCUT2D eigenvalue weighted by Gasteiger charge is 2.32. The molecule has 0 saturated heterocycles. The first-order chi connectivity index (χ1) is 19.5. The number of aliphatic hydroxyl groups is 2. The van der Waals surface area contributed by atoms with Crippen molar-refractivity contribution in [1.29, 1.82) is 0 Å². The molecule has 1 aromatic rings. The predicted octanol–water partition coefficient (Wildman–Crippen LogP) is 5.25. The Labute approximate surface area is 256 Å². The van der Waals surface area contributed by atoms with Gasteiger partial charge in [0.1, 0.15) is 11.6 Å². The number of carbonyl (C=O) groups is 3. The van der Waals surface area contributed by atoms with Gasteiger partial charge in [-0.15, -0.1) is 0 Å². The van der Waals surface area contributed by atoms with Crippen LogP contribution in [0.3, 0.4) is 0 Å². The second-order valence-corrected chi connectivity index (χ2v) is 12.8. The van der Waals surface area contributed by atoms with Crippen molar-refractivity contribution in [2.24, 2.45) is 11.8 Å². The van der Waals surface area contributed by atoms with Crippen LogP contribution in [0.5, 0.6) is 0 Å². The van der Waals surface area contributed by atoms with Gasteiger partial charge in [-0.2, -0.15) is 0 Å². The van der Waals surface area contributed by atoms with E-state index in [1.165, 1.54) is 0 Å². The van der Waals surface area contributed by atoms with Crippen molar-refractivity contribution in [3.05, 3.63) is 30.3 Å². The molecule has 0 aliphatic rings. The minimum atomic E-state index is -0.884. The predicted molar refractivity (Wildman–Crippen MR) is 172 cm³/mol. The van der Waals surface area contributed by atoms with E-state index in [1.807, 2.05) is 65.0 Å². The van der Waals surface area contributed by atoms with E-state index in [4.69, 9.17) is 22.8 Å². The highest BCUT2D eigenvalue weighted by molar-refractivity contribution is 6.08. The number of nitrogens with zero attached hydrogens (tertiary/aromatic N) is 1. The van der Waals surface area contributed by atoms with Crippen molar-refractivity contribution in [2.45, 2.75) is 130 Å². The fourth-order valence-electron chi connectivity index (χ4n) is 4.38. The lowest BCUT2D eigenvalue weighted by Gasteiger charge is -2.34. The van der Waals surface area contributed by atoms with Gasteiger partial charge in [0, 0.05) is 37.3 Å². The van der Waals surface area contributed by atoms with E-state index in [0.717, 1.165) is 18.5 Å². The van der Waals surface area contributed by atoms with E-state index in [9.17, 15) is 14.4 Å². The van der Waals surface area contributed by atoms with Crippen LogP contribution in [0.25, 0.3) is 0 Å². The molecule has 9 heteroatoms. The number of ether oxygens (including phenoxy) is 1. The molecule has 42 heavy (non-hydrogen) atoms. The standard InChI is InChI=1S/C28H45BN2O4.C5H12O2/c1-20(2)19-25(32)30-24(15-11-12-17-29)27(34)31(23-13-9-8-10-14-23)22(5)16-18-35-28(6,7)26(33)21(3)4;1-5(2,7)3-4-6/h8-10,13-14,20-22,24H,11-12,15-19H2,1-7H3,(H,30,32);6-7H,3-4H2,1-2H3. The van der Waals surface area contributed by atoms with Crippen molar-refractivity contribution in [3.63, 3.8) is 0 Å². The molecule has 8 nitrogen and oxygen atoms in total. The van der Waals surface area contributed by atoms with Gasteiger partial charge in [-0.25, -0.2) is 0 Å². The Hall–Kier alpha value is -2.23. The van der Waals surface area contributed by atoms with Crippen LogP contribution in [0.4, 0.5) is 5.69 Å². The highest BCUT2D eigenvalue weighted by atomic mass is 16.5. The van der Waals surface area contributed by atoms with E-state index in [-0.39, 0.29) is 42.1 Å². The first-order valence-corrected chi connectivity index (χ1v) is 15.4. The Balaban J connectivity index is 0.00000212. The molecular formula is C33H57BN2O6. The summed E-state index contributed by atoms with van der Waals surface area (Å²) in [6, 6.07) is 8.66. The number of amides is 2. The van der Waals surface area contributed by atoms with Crippen LogP contribution in [0.15, 0.2) is 30.3 Å². The summed E-state index contributed by atoms with van der Waals surface area (Å²) in [5.41, 5.74) is -0.816. The summed E-state index contributed by atoms with van der Waals surface area (Å²) in [7, 11) is 5.67. The smallest absolute Gasteiger partial charge is 0.249 e. The van der Waals surface area contributed by atoms with Crippen LogP contribution in [0.2, 0.25) is 6.32 Å². The van der Waals surface area contributed by atoms with Crippen LogP contribution in [0, 0.1) is 11.8 Å². The second-order valence-electron chi connectivity index (χ2n) is 12.8. The lowest BCUT2D eigenvalue weighted by atomic mass is 9.94. The molecule has 0 saturated carbocycles. The Morgan fingerprint density at radius 2 is 1.57 bits per heavy atom. The van der Waals surface area contributed by atoms with E-state index < -0.39 is 17.2 Å². The average molecular weight is 589 g/mol. The SMILES string of the molecule is CC(C)(O)CCO.[B]CCCCC(NC(=O)CC(C)C)C(=O)N(c1ccccc1)C(C)CCOC(C)(C)C(=O)C(C)C. The fraction of sp³-hybridized carbons (Fsp3) is 0.727. The molecule has 2 unspecified atom stereocenters. The van der Waals surface area contributed by atoms with Crippen molar-refractivity contribution < 1.29 is 29.3 Å². The van der Waals surface area contributed by atoms with Gasteiger partial charge in [0.2, 0.25) is 11.8 Å². The molecule has 0 fully saturated rings. The first-order valence-electron chi connectivity index (χ1n) is 15.4. The maximum atomic E-state index is 13.8. The third kappa shape index (κ3) is 16.4. The highest BCUT2D eigenvalue weighted by Crippen LogP contribution is 2.23. The van der Waals surface area contributed by atoms with Gasteiger partial charge in [-0.1, -0.05) is 65.1 Å². The minimum absolute atomic E-state index is 0.0500. The van der Waals surface area contributed by atoms with Gasteiger partial charge < -0.3 is 25.2 Å². The lowest BCUT2D eigenvalue weighted by molar-refractivity contribution is -0.144. The van der Waals surface area contributed by atoms with Crippen molar-refractivity contribution >= 4 is 31.1 Å². The van der Waals surface area contributed by atoms with Crippen LogP contribution >= 0.6 is 0 Å². The zero-order valence-electron chi connectivity index (χ0n) is 27.6. The molecule has 3 N–H and O–H groups in total. The maximum Gasteiger partial charge on any atom is 0.249 e. The molecule has 0 aliphatic heterocycles. The summed E-state index contributed by atoms with van der Waals surface area (Å²) in [5, 5.41) is 20.1. The number of anilines is 1. The number of nitrogens with one attached hydrogen (secondary N) is 1. The number of ketones is 1.